The van der Waals surface area contributed by atoms with Crippen molar-refractivity contribution in [2.24, 2.45) is 0 Å². The fraction of sp³-hybridized carbons (Fsp3) is 0.214. The third kappa shape index (κ3) is 4.39. The number of ether oxygens (including phenoxy) is 2. The minimum Gasteiger partial charge on any atom is -0.497 e. The van der Waals surface area contributed by atoms with Crippen LogP contribution >= 0.6 is 34.4 Å². The monoisotopic (exact) mass is 410 g/mol. The number of hydrogen-bond donors (Lipinski definition) is 2. The summed E-state index contributed by atoms with van der Waals surface area (Å²) in [6.45, 7) is 0. The molecule has 0 unspecified atom stereocenters. The molecular weight excluding hydrogens is 396 g/mol. The van der Waals surface area contributed by atoms with E-state index in [1.54, 1.807) is 32.4 Å². The van der Waals surface area contributed by atoms with Crippen LogP contribution < -0.4 is 20.5 Å². The summed E-state index contributed by atoms with van der Waals surface area (Å²) < 4.78 is 11.2. The summed E-state index contributed by atoms with van der Waals surface area (Å²) >= 11 is 3.73. The van der Waals surface area contributed by atoms with Crippen LogP contribution in [0.3, 0.4) is 0 Å². The van der Waals surface area contributed by atoms with Gasteiger partial charge in [-0.25, -0.2) is 0 Å². The van der Waals surface area contributed by atoms with E-state index in [2.05, 4.69) is 25.7 Å². The molecule has 0 aliphatic heterocycles. The van der Waals surface area contributed by atoms with Gasteiger partial charge in [0.25, 0.3) is 0 Å². The second kappa shape index (κ2) is 8.29. The number of benzene rings is 1. The van der Waals surface area contributed by atoms with Crippen LogP contribution in [0, 0.1) is 0 Å². The van der Waals surface area contributed by atoms with E-state index in [9.17, 15) is 4.79 Å². The molecule has 2 aromatic heterocycles. The van der Waals surface area contributed by atoms with Crippen molar-refractivity contribution in [3.63, 3.8) is 0 Å². The first-order valence-corrected chi connectivity index (χ1v) is 9.78. The quantitative estimate of drug-likeness (QED) is 0.565. The lowest BCUT2D eigenvalue weighted by atomic mass is 10.2. The molecule has 0 fully saturated rings. The molecule has 12 heteroatoms. The molecule has 2 heterocycles. The van der Waals surface area contributed by atoms with E-state index in [0.29, 0.717) is 31.1 Å². The fourth-order valence-electron chi connectivity index (χ4n) is 1.93. The number of carbonyl (C=O) groups excluding carboxylic acids is 1. The highest BCUT2D eigenvalue weighted by molar-refractivity contribution is 8.01. The van der Waals surface area contributed by atoms with Crippen LogP contribution in [0.5, 0.6) is 11.5 Å². The van der Waals surface area contributed by atoms with Crippen LogP contribution in [0.1, 0.15) is 0 Å². The Hall–Kier alpha value is -2.44. The third-order valence-corrected chi connectivity index (χ3v) is 5.81. The van der Waals surface area contributed by atoms with Crippen LogP contribution in [0.4, 0.5) is 10.3 Å². The predicted molar refractivity (Wildman–Crippen MR) is 102 cm³/mol. The summed E-state index contributed by atoms with van der Waals surface area (Å²) in [5.74, 6) is 1.27. The van der Waals surface area contributed by atoms with E-state index in [1.165, 1.54) is 34.4 Å². The molecule has 1 aromatic carbocycles. The van der Waals surface area contributed by atoms with Gasteiger partial charge in [-0.1, -0.05) is 34.4 Å². The maximum absolute atomic E-state index is 12.0. The smallest absolute Gasteiger partial charge is 0.236 e. The minimum absolute atomic E-state index is 0.173. The van der Waals surface area contributed by atoms with Crippen molar-refractivity contribution < 1.29 is 14.3 Å². The Kier molecular flexibility index (Phi) is 5.85. The minimum atomic E-state index is -0.218. The molecule has 0 aliphatic rings. The molecule has 0 saturated heterocycles. The number of amides is 1. The molecule has 0 spiro atoms. The van der Waals surface area contributed by atoms with Crippen molar-refractivity contribution in [1.82, 2.24) is 20.4 Å². The summed E-state index contributed by atoms with van der Waals surface area (Å²) in [4.78, 5) is 12.0. The third-order valence-electron chi connectivity index (χ3n) is 3.06. The standard InChI is InChI=1S/C14H14N6O3S3/c1-22-7-3-4-9(23-2)8(5-7)11-17-19-13(25-11)16-10(21)6-24-14-20-18-12(15)26-14/h3-5H,6H2,1-2H3,(H2,15,18)(H,16,19,21). The Morgan fingerprint density at radius 3 is 2.73 bits per heavy atom. The molecule has 3 rings (SSSR count). The first-order valence-electron chi connectivity index (χ1n) is 7.16. The molecule has 0 bridgehead atoms. The highest BCUT2D eigenvalue weighted by atomic mass is 32.2. The van der Waals surface area contributed by atoms with Gasteiger partial charge in [0.15, 0.2) is 9.35 Å². The second-order valence-corrected chi connectivity index (χ2v) is 7.93. The largest absolute Gasteiger partial charge is 0.497 e. The van der Waals surface area contributed by atoms with Crippen molar-refractivity contribution in [2.75, 3.05) is 31.0 Å². The maximum Gasteiger partial charge on any atom is 0.236 e. The van der Waals surface area contributed by atoms with Crippen molar-refractivity contribution in [3.8, 4) is 22.1 Å². The molecule has 1 amide bonds. The number of nitrogens with zero attached hydrogens (tertiary/aromatic N) is 4. The van der Waals surface area contributed by atoms with E-state index in [4.69, 9.17) is 15.2 Å². The van der Waals surface area contributed by atoms with Crippen molar-refractivity contribution in [3.05, 3.63) is 18.2 Å². The molecule has 0 aliphatic carbocycles. The Morgan fingerprint density at radius 1 is 1.19 bits per heavy atom. The van der Waals surface area contributed by atoms with E-state index >= 15 is 0 Å². The molecule has 136 valence electrons. The molecule has 3 aromatic rings. The van der Waals surface area contributed by atoms with E-state index in [-0.39, 0.29) is 11.7 Å². The predicted octanol–water partition coefficient (Wildman–Crippen LogP) is 2.39. The Morgan fingerprint density at radius 2 is 2.04 bits per heavy atom. The van der Waals surface area contributed by atoms with Gasteiger partial charge in [0.2, 0.25) is 16.2 Å². The Bertz CT molecular complexity index is 913. The van der Waals surface area contributed by atoms with E-state index in [1.807, 2.05) is 0 Å². The molecule has 0 radical (unpaired) electrons. The number of methoxy groups -OCH3 is 2. The average molecular weight is 411 g/mol. The number of rotatable bonds is 7. The summed E-state index contributed by atoms with van der Waals surface area (Å²) in [7, 11) is 3.16. The Labute approximate surface area is 161 Å². The van der Waals surface area contributed by atoms with Gasteiger partial charge in [0, 0.05) is 0 Å². The van der Waals surface area contributed by atoms with Crippen LogP contribution in [0.2, 0.25) is 0 Å². The number of thioether (sulfide) groups is 1. The first kappa shape index (κ1) is 18.4. The van der Waals surface area contributed by atoms with E-state index < -0.39 is 0 Å². The number of hydrogen-bond acceptors (Lipinski definition) is 11. The van der Waals surface area contributed by atoms with Crippen LogP contribution in [0.15, 0.2) is 22.5 Å². The summed E-state index contributed by atoms with van der Waals surface area (Å²) in [6.07, 6.45) is 0. The number of aromatic nitrogens is 4. The number of nitrogens with one attached hydrogen (secondary N) is 1. The lowest BCUT2D eigenvalue weighted by Crippen LogP contribution is -2.13. The lowest BCUT2D eigenvalue weighted by Gasteiger charge is -2.07. The van der Waals surface area contributed by atoms with Gasteiger partial charge in [-0.05, 0) is 18.2 Å². The zero-order valence-corrected chi connectivity index (χ0v) is 16.2. The Balaban J connectivity index is 1.67. The highest BCUT2D eigenvalue weighted by Crippen LogP contribution is 2.36. The first-order chi connectivity index (χ1) is 12.6. The second-order valence-electron chi connectivity index (χ2n) is 4.72. The zero-order chi connectivity index (χ0) is 18.5. The molecule has 0 saturated carbocycles. The van der Waals surface area contributed by atoms with Crippen molar-refractivity contribution >= 4 is 50.6 Å². The van der Waals surface area contributed by atoms with Crippen LogP contribution in [0.25, 0.3) is 10.6 Å². The summed E-state index contributed by atoms with van der Waals surface area (Å²) in [5, 5.41) is 19.8. The van der Waals surface area contributed by atoms with Gasteiger partial charge < -0.3 is 15.2 Å². The lowest BCUT2D eigenvalue weighted by molar-refractivity contribution is -0.113. The maximum atomic E-state index is 12.0. The van der Waals surface area contributed by atoms with E-state index in [0.717, 1.165) is 5.56 Å². The van der Waals surface area contributed by atoms with Crippen molar-refractivity contribution in [1.29, 1.82) is 0 Å². The number of carbonyl (C=O) groups is 1. The van der Waals surface area contributed by atoms with Gasteiger partial charge in [0.05, 0.1) is 25.5 Å². The number of nitrogen functional groups attached to an aromatic ring is 1. The van der Waals surface area contributed by atoms with Gasteiger partial charge >= 0.3 is 0 Å². The average Bonchev–Trinajstić information content (AvgIpc) is 3.28. The molecule has 9 nitrogen and oxygen atoms in total. The van der Waals surface area contributed by atoms with Crippen LogP contribution in [-0.4, -0.2) is 46.3 Å². The van der Waals surface area contributed by atoms with Gasteiger partial charge in [-0.2, -0.15) is 0 Å². The number of anilines is 2. The molecular formula is C14H14N6O3S3. The zero-order valence-electron chi connectivity index (χ0n) is 13.8. The number of nitrogens with two attached hydrogens (primary N) is 1. The summed E-state index contributed by atoms with van der Waals surface area (Å²) in [5.41, 5.74) is 6.25. The van der Waals surface area contributed by atoms with Gasteiger partial charge in [-0.15, -0.1) is 20.4 Å². The van der Waals surface area contributed by atoms with Crippen LogP contribution in [-0.2, 0) is 4.79 Å². The SMILES string of the molecule is COc1ccc(OC)c(-c2nnc(NC(=O)CSc3nnc(N)s3)s2)c1. The topological polar surface area (TPSA) is 125 Å². The molecule has 3 N–H and O–H groups in total. The molecule has 26 heavy (non-hydrogen) atoms. The highest BCUT2D eigenvalue weighted by Gasteiger charge is 2.15. The molecule has 0 atom stereocenters. The van der Waals surface area contributed by atoms with Gasteiger partial charge in [0.1, 0.15) is 11.5 Å². The van der Waals surface area contributed by atoms with Crippen molar-refractivity contribution in [2.45, 2.75) is 4.34 Å². The summed E-state index contributed by atoms with van der Waals surface area (Å²) in [6, 6.07) is 5.39. The van der Waals surface area contributed by atoms with Gasteiger partial charge in [-0.3, -0.25) is 10.1 Å². The normalized spacial score (nSPS) is 10.5. The fourth-order valence-corrected chi connectivity index (χ4v) is 4.14.